The maximum atomic E-state index is 11.2. The molecule has 0 fully saturated rings. The third kappa shape index (κ3) is 5.95. The van der Waals surface area contributed by atoms with Gasteiger partial charge in [0.25, 0.3) is 0 Å². The highest BCUT2D eigenvalue weighted by Crippen LogP contribution is 2.59. The van der Waals surface area contributed by atoms with Crippen LogP contribution < -0.4 is 9.47 Å². The van der Waals surface area contributed by atoms with Gasteiger partial charge in [0.1, 0.15) is 64.0 Å². The third-order valence-electron chi connectivity index (χ3n) is 9.41. The van der Waals surface area contributed by atoms with Gasteiger partial charge in [0, 0.05) is 29.3 Å². The number of hydrogen-bond donors (Lipinski definition) is 7. The zero-order chi connectivity index (χ0) is 35.4. The van der Waals surface area contributed by atoms with Gasteiger partial charge in [0.05, 0.1) is 11.8 Å². The minimum absolute atomic E-state index is 0.0368. The van der Waals surface area contributed by atoms with E-state index >= 15 is 0 Å². The second-order valence-corrected chi connectivity index (χ2v) is 12.9. The van der Waals surface area contributed by atoms with Crippen LogP contribution in [0.3, 0.4) is 0 Å². The largest absolute Gasteiger partial charge is 0.508 e. The van der Waals surface area contributed by atoms with Crippen LogP contribution in [0.4, 0.5) is 0 Å². The van der Waals surface area contributed by atoms with Crippen LogP contribution in [0.1, 0.15) is 68.6 Å². The Bertz CT molecular complexity index is 2270. The van der Waals surface area contributed by atoms with Crippen LogP contribution >= 0.6 is 0 Å². The van der Waals surface area contributed by atoms with Gasteiger partial charge in [0.15, 0.2) is 0 Å². The fraction of sp³-hybridized carbons (Fsp3) is 0.0952. The standard InChI is InChI=1S/C42H32O9/c43-27-8-4-24(5-9-27)41-38(26-16-31(47)19-32(48)17-26)40-35(20-33(49)21-37(40)51-41)39-34-15-22(1-2-23-13-29(45)18-30(46)14-23)3-12-36(34)50-42(39)25-6-10-28(44)11-7-25/h1-21,38-39,41-49H/b2-1-/t38-,39-,41+,42-/m1/s1. The Labute approximate surface area is 292 Å². The molecule has 254 valence electrons. The van der Waals surface area contributed by atoms with Crippen LogP contribution in [-0.2, 0) is 0 Å². The molecule has 0 saturated heterocycles. The van der Waals surface area contributed by atoms with Crippen molar-refractivity contribution in [1.82, 2.24) is 0 Å². The third-order valence-corrected chi connectivity index (χ3v) is 9.41. The van der Waals surface area contributed by atoms with Crippen molar-refractivity contribution in [3.8, 4) is 51.7 Å². The Kier molecular flexibility index (Phi) is 7.60. The van der Waals surface area contributed by atoms with Crippen LogP contribution in [-0.4, -0.2) is 35.7 Å². The molecule has 2 aliphatic rings. The summed E-state index contributed by atoms with van der Waals surface area (Å²) in [6.07, 6.45) is 2.37. The summed E-state index contributed by atoms with van der Waals surface area (Å²) in [6, 6.07) is 31.1. The van der Waals surface area contributed by atoms with E-state index in [0.717, 1.165) is 27.8 Å². The number of phenols is 7. The topological polar surface area (TPSA) is 160 Å². The van der Waals surface area contributed by atoms with Crippen LogP contribution in [0.25, 0.3) is 12.2 Å². The highest BCUT2D eigenvalue weighted by molar-refractivity contribution is 5.73. The fourth-order valence-corrected chi connectivity index (χ4v) is 7.29. The molecule has 4 atom stereocenters. The smallest absolute Gasteiger partial charge is 0.135 e. The van der Waals surface area contributed by atoms with Gasteiger partial charge < -0.3 is 45.2 Å². The highest BCUT2D eigenvalue weighted by Gasteiger charge is 2.45. The number of fused-ring (bicyclic) bond motifs is 2. The van der Waals surface area contributed by atoms with Gasteiger partial charge in [0.2, 0.25) is 0 Å². The summed E-state index contributed by atoms with van der Waals surface area (Å²) < 4.78 is 13.3. The number of ether oxygens (including phenoxy) is 2. The predicted octanol–water partition coefficient (Wildman–Crippen LogP) is 8.33. The van der Waals surface area contributed by atoms with Crippen molar-refractivity contribution in [2.75, 3.05) is 0 Å². The molecule has 2 aliphatic heterocycles. The molecule has 6 aromatic carbocycles. The lowest BCUT2D eigenvalue weighted by Gasteiger charge is -2.26. The van der Waals surface area contributed by atoms with Gasteiger partial charge in [-0.1, -0.05) is 42.5 Å². The van der Waals surface area contributed by atoms with Gasteiger partial charge >= 0.3 is 0 Å². The van der Waals surface area contributed by atoms with E-state index in [1.807, 2.05) is 24.3 Å². The lowest BCUT2D eigenvalue weighted by Crippen LogP contribution is -2.16. The summed E-state index contributed by atoms with van der Waals surface area (Å²) in [7, 11) is 0. The summed E-state index contributed by atoms with van der Waals surface area (Å²) in [6.45, 7) is 0. The Balaban J connectivity index is 1.32. The van der Waals surface area contributed by atoms with Gasteiger partial charge in [-0.3, -0.25) is 0 Å². The summed E-state index contributed by atoms with van der Waals surface area (Å²) in [5.74, 6) is -0.301. The Morgan fingerprint density at radius 2 is 0.882 bits per heavy atom. The van der Waals surface area contributed by atoms with E-state index in [-0.39, 0.29) is 40.2 Å². The van der Waals surface area contributed by atoms with Gasteiger partial charge in [-0.15, -0.1) is 0 Å². The van der Waals surface area contributed by atoms with E-state index in [1.165, 1.54) is 24.3 Å². The van der Waals surface area contributed by atoms with Crippen molar-refractivity contribution in [2.45, 2.75) is 24.0 Å². The van der Waals surface area contributed by atoms with Gasteiger partial charge in [-0.2, -0.15) is 0 Å². The first-order chi connectivity index (χ1) is 24.6. The van der Waals surface area contributed by atoms with E-state index in [2.05, 4.69) is 0 Å². The molecule has 2 heterocycles. The van der Waals surface area contributed by atoms with Crippen molar-refractivity contribution in [2.24, 2.45) is 0 Å². The lowest BCUT2D eigenvalue weighted by atomic mass is 9.76. The maximum Gasteiger partial charge on any atom is 0.135 e. The average Bonchev–Trinajstić information content (AvgIpc) is 3.66. The zero-order valence-corrected chi connectivity index (χ0v) is 26.9. The highest BCUT2D eigenvalue weighted by atomic mass is 16.5. The molecule has 0 unspecified atom stereocenters. The van der Waals surface area contributed by atoms with E-state index in [0.29, 0.717) is 28.2 Å². The Morgan fingerprint density at radius 3 is 1.49 bits per heavy atom. The molecular formula is C42H32O9. The monoisotopic (exact) mass is 680 g/mol. The summed E-state index contributed by atoms with van der Waals surface area (Å²) >= 11 is 0. The molecule has 0 spiro atoms. The number of aromatic hydroxyl groups is 7. The number of benzene rings is 6. The van der Waals surface area contributed by atoms with E-state index < -0.39 is 24.0 Å². The van der Waals surface area contributed by atoms with E-state index in [9.17, 15) is 35.7 Å². The molecule has 0 saturated carbocycles. The molecule has 6 aromatic rings. The van der Waals surface area contributed by atoms with Crippen molar-refractivity contribution in [1.29, 1.82) is 0 Å². The van der Waals surface area contributed by atoms with Crippen molar-refractivity contribution < 1.29 is 45.2 Å². The lowest BCUT2D eigenvalue weighted by molar-refractivity contribution is 0.220. The van der Waals surface area contributed by atoms with Gasteiger partial charge in [-0.25, -0.2) is 0 Å². The van der Waals surface area contributed by atoms with Crippen LogP contribution in [0.2, 0.25) is 0 Å². The van der Waals surface area contributed by atoms with Crippen molar-refractivity contribution in [3.05, 3.63) is 160 Å². The maximum absolute atomic E-state index is 11.2. The normalized spacial score (nSPS) is 19.0. The molecule has 0 radical (unpaired) electrons. The SMILES string of the molecule is Oc1ccc([C@H]2Oc3ccc(/C=C\c4cc(O)cc(O)c4)cc3[C@@H]2c2cc(O)cc3c2[C@@H](c2cc(O)cc(O)c2)[C@H](c2ccc(O)cc2)O3)cc1. The molecule has 0 aliphatic carbocycles. The molecule has 9 nitrogen and oxygen atoms in total. The minimum atomic E-state index is -0.663. The number of hydrogen-bond acceptors (Lipinski definition) is 9. The van der Waals surface area contributed by atoms with Crippen LogP contribution in [0.5, 0.6) is 51.7 Å². The van der Waals surface area contributed by atoms with E-state index in [1.54, 1.807) is 78.9 Å². The molecule has 8 rings (SSSR count). The molecule has 51 heavy (non-hydrogen) atoms. The van der Waals surface area contributed by atoms with Crippen molar-refractivity contribution >= 4 is 12.2 Å². The van der Waals surface area contributed by atoms with Gasteiger partial charge in [-0.05, 0) is 100 Å². The molecule has 7 N–H and O–H groups in total. The van der Waals surface area contributed by atoms with Crippen LogP contribution in [0, 0.1) is 0 Å². The number of phenolic OH excluding ortho intramolecular Hbond substituents is 7. The summed E-state index contributed by atoms with van der Waals surface area (Å²) in [4.78, 5) is 0. The summed E-state index contributed by atoms with van der Waals surface area (Å²) in [5.41, 5.74) is 5.70. The predicted molar refractivity (Wildman–Crippen MR) is 190 cm³/mol. The average molecular weight is 681 g/mol. The molecule has 0 amide bonds. The number of rotatable bonds is 6. The molecule has 0 aromatic heterocycles. The Hall–Kier alpha value is -6.74. The van der Waals surface area contributed by atoms with E-state index in [4.69, 9.17) is 9.47 Å². The zero-order valence-electron chi connectivity index (χ0n) is 26.9. The van der Waals surface area contributed by atoms with Crippen molar-refractivity contribution in [3.63, 3.8) is 0 Å². The van der Waals surface area contributed by atoms with Crippen LogP contribution in [0.15, 0.2) is 115 Å². The Morgan fingerprint density at radius 1 is 0.373 bits per heavy atom. The summed E-state index contributed by atoms with van der Waals surface area (Å²) in [5, 5.41) is 72.5. The molecule has 9 heteroatoms. The second-order valence-electron chi connectivity index (χ2n) is 12.9. The second kappa shape index (κ2) is 12.3. The first-order valence-corrected chi connectivity index (χ1v) is 16.3. The first kappa shape index (κ1) is 31.5. The first-order valence-electron chi connectivity index (χ1n) is 16.3. The molecular weight excluding hydrogens is 648 g/mol. The fourth-order valence-electron chi connectivity index (χ4n) is 7.29. The minimum Gasteiger partial charge on any atom is -0.508 e. The quantitative estimate of drug-likeness (QED) is 0.0858. The molecule has 0 bridgehead atoms.